The number of benzene rings is 1. The van der Waals surface area contributed by atoms with Crippen LogP contribution in [0.1, 0.15) is 38.5 Å². The van der Waals surface area contributed by atoms with E-state index in [0.29, 0.717) is 0 Å². The first-order valence-corrected chi connectivity index (χ1v) is 10.4. The minimum atomic E-state index is -0.327. The number of carbonyl (C=O) groups excluding carboxylic acids is 2. The monoisotopic (exact) mass is 374 g/mol. The van der Waals surface area contributed by atoms with Gasteiger partial charge in [-0.3, -0.25) is 10.1 Å². The highest BCUT2D eigenvalue weighted by atomic mass is 32.2. The third-order valence-corrected chi connectivity index (χ3v) is 7.11. The van der Waals surface area contributed by atoms with Crippen LogP contribution >= 0.6 is 11.8 Å². The van der Waals surface area contributed by atoms with E-state index in [2.05, 4.69) is 10.6 Å². The van der Waals surface area contributed by atoms with Gasteiger partial charge in [-0.25, -0.2) is 4.79 Å². The molecule has 0 heterocycles. The number of urea groups is 1. The lowest BCUT2D eigenvalue weighted by Gasteiger charge is -2.56. The lowest BCUT2D eigenvalue weighted by atomic mass is 9.53. The molecule has 0 atom stereocenters. The van der Waals surface area contributed by atoms with Gasteiger partial charge in [0.2, 0.25) is 5.91 Å². The largest absolute Gasteiger partial charge is 0.497 e. The quantitative estimate of drug-likeness (QED) is 0.773. The number of nitrogens with one attached hydrogen (secondary N) is 2. The zero-order valence-electron chi connectivity index (χ0n) is 15.1. The number of hydrogen-bond acceptors (Lipinski definition) is 4. The van der Waals surface area contributed by atoms with Crippen LogP contribution < -0.4 is 15.4 Å². The number of carbonyl (C=O) groups is 2. The van der Waals surface area contributed by atoms with Gasteiger partial charge in [0, 0.05) is 10.4 Å². The van der Waals surface area contributed by atoms with Gasteiger partial charge in [-0.1, -0.05) is 0 Å². The second kappa shape index (κ2) is 7.14. The third kappa shape index (κ3) is 3.85. The van der Waals surface area contributed by atoms with Crippen LogP contribution in [0, 0.1) is 17.8 Å². The summed E-state index contributed by atoms with van der Waals surface area (Å²) < 4.78 is 5.12. The molecule has 1 aromatic rings. The highest BCUT2D eigenvalue weighted by Crippen LogP contribution is 2.55. The standard InChI is InChI=1S/C20H26N2O3S/c1-25-16-2-4-17(5-3-16)26-12-18(23)21-19(24)22-20-9-13-6-14(10-20)8-15(7-13)11-20/h2-5,13-15H,6-12H2,1H3,(H2,21,22,23,24). The first-order chi connectivity index (χ1) is 12.5. The summed E-state index contributed by atoms with van der Waals surface area (Å²) in [5, 5.41) is 5.69. The van der Waals surface area contributed by atoms with Gasteiger partial charge in [0.15, 0.2) is 0 Å². The molecule has 6 heteroatoms. The van der Waals surface area contributed by atoms with Gasteiger partial charge in [-0.05, 0) is 80.5 Å². The molecule has 4 aliphatic rings. The van der Waals surface area contributed by atoms with E-state index >= 15 is 0 Å². The average molecular weight is 375 g/mol. The van der Waals surface area contributed by atoms with Crippen molar-refractivity contribution in [3.8, 4) is 5.75 Å². The fourth-order valence-electron chi connectivity index (χ4n) is 5.52. The van der Waals surface area contributed by atoms with Gasteiger partial charge in [-0.15, -0.1) is 11.8 Å². The highest BCUT2D eigenvalue weighted by Gasteiger charge is 2.51. The number of amides is 3. The number of ether oxygens (including phenoxy) is 1. The van der Waals surface area contributed by atoms with Crippen LogP contribution in [0.3, 0.4) is 0 Å². The van der Waals surface area contributed by atoms with E-state index in [4.69, 9.17) is 4.74 Å². The van der Waals surface area contributed by atoms with Crippen molar-refractivity contribution < 1.29 is 14.3 Å². The van der Waals surface area contributed by atoms with Crippen LogP contribution in [0.25, 0.3) is 0 Å². The fraction of sp³-hybridized carbons (Fsp3) is 0.600. The zero-order valence-corrected chi connectivity index (χ0v) is 15.9. The van der Waals surface area contributed by atoms with Crippen molar-refractivity contribution in [1.29, 1.82) is 0 Å². The van der Waals surface area contributed by atoms with Crippen LogP contribution in [0.2, 0.25) is 0 Å². The van der Waals surface area contributed by atoms with Crippen LogP contribution in [-0.2, 0) is 4.79 Å². The molecule has 4 saturated carbocycles. The summed E-state index contributed by atoms with van der Waals surface area (Å²) in [6.07, 6.45) is 7.25. The van der Waals surface area contributed by atoms with Crippen molar-refractivity contribution in [3.05, 3.63) is 24.3 Å². The second-order valence-electron chi connectivity index (χ2n) is 8.16. The van der Waals surface area contributed by atoms with Crippen molar-refractivity contribution in [3.63, 3.8) is 0 Å². The Labute approximate surface area is 158 Å². The van der Waals surface area contributed by atoms with Gasteiger partial charge < -0.3 is 10.1 Å². The van der Waals surface area contributed by atoms with Crippen molar-refractivity contribution in [1.82, 2.24) is 10.6 Å². The van der Waals surface area contributed by atoms with Crippen molar-refractivity contribution in [2.45, 2.75) is 49.0 Å². The lowest BCUT2D eigenvalue weighted by Crippen LogP contribution is -2.61. The first-order valence-electron chi connectivity index (χ1n) is 9.42. The van der Waals surface area contributed by atoms with Crippen LogP contribution in [-0.4, -0.2) is 30.3 Å². The molecule has 5 nitrogen and oxygen atoms in total. The van der Waals surface area contributed by atoms with Crippen molar-refractivity contribution >= 4 is 23.7 Å². The maximum Gasteiger partial charge on any atom is 0.321 e. The molecule has 0 unspecified atom stereocenters. The van der Waals surface area contributed by atoms with Gasteiger partial charge in [0.05, 0.1) is 12.9 Å². The van der Waals surface area contributed by atoms with E-state index < -0.39 is 0 Å². The second-order valence-corrected chi connectivity index (χ2v) is 9.21. The molecular weight excluding hydrogens is 348 g/mol. The van der Waals surface area contributed by atoms with Crippen LogP contribution in [0.4, 0.5) is 4.79 Å². The molecule has 0 aromatic heterocycles. The maximum atomic E-state index is 12.4. The van der Waals surface area contributed by atoms with E-state index in [9.17, 15) is 9.59 Å². The number of rotatable bonds is 5. The molecule has 0 saturated heterocycles. The molecule has 1 aromatic carbocycles. The zero-order chi connectivity index (χ0) is 18.1. The fourth-order valence-corrected chi connectivity index (χ4v) is 6.22. The summed E-state index contributed by atoms with van der Waals surface area (Å²) in [7, 11) is 1.62. The summed E-state index contributed by atoms with van der Waals surface area (Å²) in [6, 6.07) is 7.21. The highest BCUT2D eigenvalue weighted by molar-refractivity contribution is 8.00. The third-order valence-electron chi connectivity index (χ3n) is 6.10. The molecule has 0 aliphatic heterocycles. The minimum absolute atomic E-state index is 0.0672. The predicted molar refractivity (Wildman–Crippen MR) is 101 cm³/mol. The topological polar surface area (TPSA) is 67.4 Å². The Bertz CT molecular complexity index is 654. The molecule has 5 rings (SSSR count). The molecule has 0 radical (unpaired) electrons. The molecule has 2 N–H and O–H groups in total. The maximum absolute atomic E-state index is 12.4. The molecule has 3 amide bonds. The number of imide groups is 1. The Kier molecular flexibility index (Phi) is 4.86. The lowest BCUT2D eigenvalue weighted by molar-refractivity contribution is -0.117. The Balaban J connectivity index is 1.26. The van der Waals surface area contributed by atoms with Crippen molar-refractivity contribution in [2.75, 3.05) is 12.9 Å². The molecule has 4 bridgehead atoms. The van der Waals surface area contributed by atoms with Crippen LogP contribution in [0.5, 0.6) is 5.75 Å². The molecule has 0 spiro atoms. The molecule has 4 fully saturated rings. The molecule has 140 valence electrons. The Morgan fingerprint density at radius 3 is 2.19 bits per heavy atom. The summed E-state index contributed by atoms with van der Waals surface area (Å²) in [4.78, 5) is 25.5. The Morgan fingerprint density at radius 1 is 1.08 bits per heavy atom. The summed E-state index contributed by atoms with van der Waals surface area (Å²) in [5.41, 5.74) is -0.0672. The SMILES string of the molecule is COc1ccc(SCC(=O)NC(=O)NC23CC4CC(CC(C4)C2)C3)cc1. The summed E-state index contributed by atoms with van der Waals surface area (Å²) in [6.45, 7) is 0. The van der Waals surface area contributed by atoms with Gasteiger partial charge in [-0.2, -0.15) is 0 Å². The molecule has 4 aliphatic carbocycles. The van der Waals surface area contributed by atoms with E-state index in [1.54, 1.807) is 7.11 Å². The van der Waals surface area contributed by atoms with Crippen LogP contribution in [0.15, 0.2) is 29.2 Å². The van der Waals surface area contributed by atoms with E-state index in [-0.39, 0.29) is 23.2 Å². The van der Waals surface area contributed by atoms with Gasteiger partial charge in [0.25, 0.3) is 0 Å². The van der Waals surface area contributed by atoms with E-state index in [1.807, 2.05) is 24.3 Å². The number of methoxy groups -OCH3 is 1. The smallest absolute Gasteiger partial charge is 0.321 e. The van der Waals surface area contributed by atoms with Gasteiger partial charge >= 0.3 is 6.03 Å². The number of hydrogen-bond donors (Lipinski definition) is 2. The van der Waals surface area contributed by atoms with Crippen molar-refractivity contribution in [2.24, 2.45) is 17.8 Å². The van der Waals surface area contributed by atoms with E-state index in [0.717, 1.165) is 47.7 Å². The predicted octanol–water partition coefficient (Wildman–Crippen LogP) is 3.58. The minimum Gasteiger partial charge on any atom is -0.497 e. The Morgan fingerprint density at radius 2 is 1.65 bits per heavy atom. The molecular formula is C20H26N2O3S. The first kappa shape index (κ1) is 17.7. The summed E-state index contributed by atoms with van der Waals surface area (Å²) >= 11 is 1.41. The Hall–Kier alpha value is -1.69. The van der Waals surface area contributed by atoms with E-state index in [1.165, 1.54) is 31.0 Å². The molecule has 26 heavy (non-hydrogen) atoms. The van der Waals surface area contributed by atoms with Gasteiger partial charge in [0.1, 0.15) is 5.75 Å². The summed E-state index contributed by atoms with van der Waals surface area (Å²) in [5.74, 6) is 3.05. The number of thioether (sulfide) groups is 1. The normalized spacial score (nSPS) is 31.5. The average Bonchev–Trinajstić information content (AvgIpc) is 2.58.